The first-order chi connectivity index (χ1) is 9.99. The van der Waals surface area contributed by atoms with Gasteiger partial charge in [-0.3, -0.25) is 4.79 Å². The maximum atomic E-state index is 12.5. The number of nitrogen functional groups attached to an aromatic ring is 1. The quantitative estimate of drug-likeness (QED) is 0.833. The zero-order valence-electron chi connectivity index (χ0n) is 13.2. The van der Waals surface area contributed by atoms with Crippen molar-refractivity contribution < 1.29 is 4.79 Å². The van der Waals surface area contributed by atoms with Crippen molar-refractivity contribution in [1.29, 1.82) is 0 Å². The summed E-state index contributed by atoms with van der Waals surface area (Å²) in [7, 11) is 0. The Morgan fingerprint density at radius 2 is 1.73 bits per heavy atom. The Kier molecular flexibility index (Phi) is 6.44. The third-order valence-electron chi connectivity index (χ3n) is 3.62. The predicted octanol–water partition coefficient (Wildman–Crippen LogP) is 4.13. The molecule has 0 radical (unpaired) electrons. The fraction of sp³-hybridized carbons (Fsp3) is 0.278. The third-order valence-corrected chi connectivity index (χ3v) is 3.62. The second-order valence-corrected chi connectivity index (χ2v) is 5.68. The van der Waals surface area contributed by atoms with Crippen LogP contribution < -0.4 is 11.1 Å². The number of rotatable bonds is 4. The molecule has 2 aromatic rings. The van der Waals surface area contributed by atoms with E-state index in [-0.39, 0.29) is 24.4 Å². The molecule has 3 nitrogen and oxygen atoms in total. The molecule has 0 aliphatic carbocycles. The Bertz CT molecular complexity index is 626. The van der Waals surface area contributed by atoms with Crippen molar-refractivity contribution in [3.05, 3.63) is 65.2 Å². The first-order valence-electron chi connectivity index (χ1n) is 7.21. The highest BCUT2D eigenvalue weighted by Gasteiger charge is 2.19. The number of aryl methyl sites for hydroxylation is 1. The number of carbonyl (C=O) groups is 1. The third kappa shape index (κ3) is 4.25. The molecule has 0 saturated heterocycles. The van der Waals surface area contributed by atoms with Crippen molar-refractivity contribution in [3.63, 3.8) is 0 Å². The van der Waals surface area contributed by atoms with Gasteiger partial charge in [-0.05, 0) is 36.1 Å². The molecule has 1 atom stereocenters. The van der Waals surface area contributed by atoms with E-state index < -0.39 is 0 Å². The van der Waals surface area contributed by atoms with Crippen LogP contribution in [0.1, 0.15) is 41.4 Å². The lowest BCUT2D eigenvalue weighted by Gasteiger charge is -2.23. The molecule has 1 unspecified atom stereocenters. The lowest BCUT2D eigenvalue weighted by Crippen LogP contribution is -2.32. The minimum absolute atomic E-state index is 0. The van der Waals surface area contributed by atoms with Gasteiger partial charge in [-0.1, -0.05) is 50.2 Å². The summed E-state index contributed by atoms with van der Waals surface area (Å²) in [6.07, 6.45) is 0. The van der Waals surface area contributed by atoms with Crippen LogP contribution in [0.5, 0.6) is 0 Å². The van der Waals surface area contributed by atoms with Gasteiger partial charge in [0, 0.05) is 11.3 Å². The monoisotopic (exact) mass is 318 g/mol. The molecular weight excluding hydrogens is 296 g/mol. The number of amides is 1. The number of anilines is 1. The van der Waals surface area contributed by atoms with E-state index in [1.807, 2.05) is 49.4 Å². The number of benzene rings is 2. The smallest absolute Gasteiger partial charge is 0.252 e. The molecule has 1 amide bonds. The van der Waals surface area contributed by atoms with Crippen LogP contribution in [-0.4, -0.2) is 5.91 Å². The lowest BCUT2D eigenvalue weighted by molar-refractivity contribution is 0.0925. The molecule has 118 valence electrons. The molecule has 0 fully saturated rings. The molecule has 22 heavy (non-hydrogen) atoms. The van der Waals surface area contributed by atoms with Gasteiger partial charge < -0.3 is 11.1 Å². The van der Waals surface area contributed by atoms with Gasteiger partial charge in [-0.25, -0.2) is 0 Å². The van der Waals surface area contributed by atoms with Crippen molar-refractivity contribution in [3.8, 4) is 0 Å². The number of carbonyl (C=O) groups excluding carboxylic acids is 1. The van der Waals surface area contributed by atoms with Crippen LogP contribution >= 0.6 is 12.4 Å². The highest BCUT2D eigenvalue weighted by Crippen LogP contribution is 2.22. The fourth-order valence-electron chi connectivity index (χ4n) is 2.40. The first kappa shape index (κ1) is 18.1. The van der Waals surface area contributed by atoms with Crippen molar-refractivity contribution in [2.75, 3.05) is 5.73 Å². The van der Waals surface area contributed by atoms with Gasteiger partial charge in [0.15, 0.2) is 0 Å². The molecule has 0 heterocycles. The van der Waals surface area contributed by atoms with E-state index in [1.165, 1.54) is 0 Å². The Balaban J connectivity index is 0.00000242. The normalized spacial score (nSPS) is 11.6. The molecule has 2 aromatic carbocycles. The molecule has 4 heteroatoms. The van der Waals surface area contributed by atoms with Crippen molar-refractivity contribution in [2.24, 2.45) is 5.92 Å². The lowest BCUT2D eigenvalue weighted by atomic mass is 9.95. The van der Waals surface area contributed by atoms with Crippen LogP contribution in [0.25, 0.3) is 0 Å². The summed E-state index contributed by atoms with van der Waals surface area (Å²) in [6, 6.07) is 15.4. The minimum Gasteiger partial charge on any atom is -0.399 e. The van der Waals surface area contributed by atoms with Crippen LogP contribution in [0.15, 0.2) is 48.5 Å². The number of halogens is 1. The van der Waals surface area contributed by atoms with Gasteiger partial charge in [-0.2, -0.15) is 0 Å². The fourth-order valence-corrected chi connectivity index (χ4v) is 2.40. The van der Waals surface area contributed by atoms with E-state index >= 15 is 0 Å². The van der Waals surface area contributed by atoms with E-state index in [2.05, 4.69) is 19.2 Å². The average Bonchev–Trinajstić information content (AvgIpc) is 2.47. The Hall–Kier alpha value is -2.00. The zero-order chi connectivity index (χ0) is 15.4. The molecule has 0 aliphatic heterocycles. The van der Waals surface area contributed by atoms with Crippen molar-refractivity contribution in [2.45, 2.75) is 26.8 Å². The molecule has 0 aliphatic rings. The Labute approximate surface area is 138 Å². The van der Waals surface area contributed by atoms with Crippen molar-refractivity contribution in [1.82, 2.24) is 5.32 Å². The van der Waals surface area contributed by atoms with Crippen LogP contribution in [-0.2, 0) is 0 Å². The highest BCUT2D eigenvalue weighted by molar-refractivity contribution is 5.96. The van der Waals surface area contributed by atoms with Gasteiger partial charge in [0.2, 0.25) is 0 Å². The maximum Gasteiger partial charge on any atom is 0.252 e. The van der Waals surface area contributed by atoms with Crippen molar-refractivity contribution >= 4 is 24.0 Å². The topological polar surface area (TPSA) is 55.1 Å². The highest BCUT2D eigenvalue weighted by atomic mass is 35.5. The first-order valence-corrected chi connectivity index (χ1v) is 7.21. The van der Waals surface area contributed by atoms with Crippen LogP contribution in [0.3, 0.4) is 0 Å². The summed E-state index contributed by atoms with van der Waals surface area (Å²) in [5.74, 6) is 0.222. The number of hydrogen-bond acceptors (Lipinski definition) is 2. The number of nitrogens with one attached hydrogen (secondary N) is 1. The van der Waals surface area contributed by atoms with Crippen LogP contribution in [0, 0.1) is 12.8 Å². The van der Waals surface area contributed by atoms with Gasteiger partial charge in [0.25, 0.3) is 5.91 Å². The van der Waals surface area contributed by atoms with Crippen LogP contribution in [0.2, 0.25) is 0 Å². The summed E-state index contributed by atoms with van der Waals surface area (Å²) >= 11 is 0. The summed E-state index contributed by atoms with van der Waals surface area (Å²) in [5.41, 5.74) is 9.07. The average molecular weight is 319 g/mol. The second-order valence-electron chi connectivity index (χ2n) is 5.68. The van der Waals surface area contributed by atoms with Gasteiger partial charge >= 0.3 is 0 Å². The van der Waals surface area contributed by atoms with E-state index in [0.29, 0.717) is 17.2 Å². The van der Waals surface area contributed by atoms with E-state index in [1.54, 1.807) is 6.07 Å². The summed E-state index contributed by atoms with van der Waals surface area (Å²) in [4.78, 5) is 12.5. The van der Waals surface area contributed by atoms with E-state index in [0.717, 1.165) is 11.1 Å². The van der Waals surface area contributed by atoms with E-state index in [9.17, 15) is 4.79 Å². The van der Waals surface area contributed by atoms with E-state index in [4.69, 9.17) is 5.73 Å². The van der Waals surface area contributed by atoms with Gasteiger partial charge in [0.1, 0.15) is 0 Å². The number of hydrogen-bond donors (Lipinski definition) is 2. The molecule has 2 rings (SSSR count). The molecule has 0 spiro atoms. The summed E-state index contributed by atoms with van der Waals surface area (Å²) in [5, 5.41) is 3.12. The summed E-state index contributed by atoms with van der Waals surface area (Å²) in [6.45, 7) is 6.12. The molecule has 0 aromatic heterocycles. The van der Waals surface area contributed by atoms with Crippen LogP contribution in [0.4, 0.5) is 5.69 Å². The standard InChI is InChI=1S/C18H22N2O.ClH/c1-12(2)17(14-7-5-4-6-8-14)20-18(21)16-11-15(19)10-9-13(16)3;/h4-12,17H,19H2,1-3H3,(H,20,21);1H. The maximum absolute atomic E-state index is 12.5. The zero-order valence-corrected chi connectivity index (χ0v) is 14.0. The predicted molar refractivity (Wildman–Crippen MR) is 94.3 cm³/mol. The van der Waals surface area contributed by atoms with Gasteiger partial charge in [-0.15, -0.1) is 12.4 Å². The molecule has 0 saturated carbocycles. The molecule has 3 N–H and O–H groups in total. The Morgan fingerprint density at radius 1 is 1.09 bits per heavy atom. The Morgan fingerprint density at radius 3 is 2.32 bits per heavy atom. The molecular formula is C18H23ClN2O. The second kappa shape index (κ2) is 7.85. The molecule has 0 bridgehead atoms. The largest absolute Gasteiger partial charge is 0.399 e. The minimum atomic E-state index is -0.0812. The van der Waals surface area contributed by atoms with Gasteiger partial charge in [0.05, 0.1) is 6.04 Å². The summed E-state index contributed by atoms with van der Waals surface area (Å²) < 4.78 is 0. The number of nitrogens with two attached hydrogens (primary N) is 1. The SMILES string of the molecule is Cc1ccc(N)cc1C(=O)NC(c1ccccc1)C(C)C.Cl.